The van der Waals surface area contributed by atoms with Gasteiger partial charge in [-0.3, -0.25) is 0 Å². The molecule has 0 radical (unpaired) electrons. The number of hydrogen-bond acceptors (Lipinski definition) is 6. The molecular formula is C14H18N6S. The van der Waals surface area contributed by atoms with Crippen molar-refractivity contribution in [1.82, 2.24) is 25.5 Å². The fraction of sp³-hybridized carbons (Fsp3) is 0.429. The Morgan fingerprint density at radius 2 is 2.10 bits per heavy atom. The monoisotopic (exact) mass is 302 g/mol. The minimum Gasteiger partial charge on any atom is -0.315 e. The van der Waals surface area contributed by atoms with E-state index in [9.17, 15) is 0 Å². The zero-order valence-electron chi connectivity index (χ0n) is 12.0. The molecule has 1 aromatic carbocycles. The van der Waals surface area contributed by atoms with E-state index in [1.807, 2.05) is 28.9 Å². The summed E-state index contributed by atoms with van der Waals surface area (Å²) in [5.74, 6) is 0.786. The van der Waals surface area contributed by atoms with Crippen molar-refractivity contribution in [3.05, 3.63) is 35.4 Å². The number of aromatic nitrogens is 4. The Hall–Kier alpha value is -1.91. The number of tetrazole rings is 1. The van der Waals surface area contributed by atoms with E-state index in [4.69, 9.17) is 5.26 Å². The summed E-state index contributed by atoms with van der Waals surface area (Å²) in [5, 5.41) is 24.7. The molecule has 6 nitrogen and oxygen atoms in total. The highest BCUT2D eigenvalue weighted by molar-refractivity contribution is 7.98. The molecule has 1 N–H and O–H groups in total. The predicted molar refractivity (Wildman–Crippen MR) is 81.7 cm³/mol. The van der Waals surface area contributed by atoms with Crippen molar-refractivity contribution < 1.29 is 0 Å². The highest BCUT2D eigenvalue weighted by atomic mass is 32.2. The zero-order chi connectivity index (χ0) is 14.9. The van der Waals surface area contributed by atoms with Crippen LogP contribution in [0.2, 0.25) is 0 Å². The Labute approximate surface area is 128 Å². The van der Waals surface area contributed by atoms with Crippen LogP contribution in [0, 0.1) is 11.3 Å². The summed E-state index contributed by atoms with van der Waals surface area (Å²) in [7, 11) is 0. The maximum atomic E-state index is 8.77. The van der Waals surface area contributed by atoms with E-state index in [0.717, 1.165) is 42.5 Å². The second-order valence-electron chi connectivity index (χ2n) is 4.53. The van der Waals surface area contributed by atoms with E-state index in [2.05, 4.69) is 33.8 Å². The van der Waals surface area contributed by atoms with Gasteiger partial charge in [-0.25, -0.2) is 4.68 Å². The molecule has 0 aliphatic heterocycles. The maximum Gasteiger partial charge on any atom is 0.209 e. The van der Waals surface area contributed by atoms with Crippen molar-refractivity contribution in [2.24, 2.45) is 0 Å². The second kappa shape index (κ2) is 8.39. The van der Waals surface area contributed by atoms with Gasteiger partial charge in [-0.2, -0.15) is 5.26 Å². The molecule has 0 unspecified atom stereocenters. The lowest BCUT2D eigenvalue weighted by Crippen LogP contribution is -2.21. The van der Waals surface area contributed by atoms with Crippen molar-refractivity contribution in [3.8, 4) is 6.07 Å². The smallest absolute Gasteiger partial charge is 0.209 e. The molecule has 2 rings (SSSR count). The SMILES string of the molecule is CCCNCCn1nnnc1SCc1ccc(C#N)cc1. The predicted octanol–water partition coefficient (Wildman–Crippen LogP) is 1.84. The normalized spacial score (nSPS) is 10.5. The van der Waals surface area contributed by atoms with E-state index in [0.29, 0.717) is 5.56 Å². The summed E-state index contributed by atoms with van der Waals surface area (Å²) >= 11 is 1.60. The van der Waals surface area contributed by atoms with Crippen LogP contribution >= 0.6 is 11.8 Å². The highest BCUT2D eigenvalue weighted by Crippen LogP contribution is 2.19. The molecule has 7 heteroatoms. The van der Waals surface area contributed by atoms with Gasteiger partial charge in [0.25, 0.3) is 0 Å². The van der Waals surface area contributed by atoms with Crippen LogP contribution in [0.25, 0.3) is 0 Å². The van der Waals surface area contributed by atoms with Gasteiger partial charge in [0, 0.05) is 12.3 Å². The molecule has 1 aromatic heterocycles. The summed E-state index contributed by atoms with van der Waals surface area (Å²) in [6.07, 6.45) is 1.12. The molecule has 2 aromatic rings. The van der Waals surface area contributed by atoms with Crippen LogP contribution < -0.4 is 5.32 Å². The number of rotatable bonds is 8. The lowest BCUT2D eigenvalue weighted by Gasteiger charge is -2.05. The van der Waals surface area contributed by atoms with Crippen LogP contribution in [0.4, 0.5) is 0 Å². The van der Waals surface area contributed by atoms with Crippen LogP contribution in [-0.4, -0.2) is 33.3 Å². The standard InChI is InChI=1S/C14H18N6S/c1-2-7-16-8-9-20-14(17-18-19-20)21-11-13-5-3-12(10-15)4-6-13/h3-6,16H,2,7-9,11H2,1H3. The van der Waals surface area contributed by atoms with Gasteiger partial charge in [-0.15, -0.1) is 5.10 Å². The van der Waals surface area contributed by atoms with E-state index in [1.54, 1.807) is 11.8 Å². The topological polar surface area (TPSA) is 79.4 Å². The van der Waals surface area contributed by atoms with Crippen molar-refractivity contribution in [1.29, 1.82) is 5.26 Å². The van der Waals surface area contributed by atoms with E-state index in [1.165, 1.54) is 0 Å². The van der Waals surface area contributed by atoms with Crippen molar-refractivity contribution in [2.75, 3.05) is 13.1 Å². The molecule has 1 heterocycles. The molecular weight excluding hydrogens is 284 g/mol. The lowest BCUT2D eigenvalue weighted by atomic mass is 10.2. The van der Waals surface area contributed by atoms with Gasteiger partial charge in [-0.05, 0) is 41.1 Å². The first-order chi connectivity index (χ1) is 10.3. The second-order valence-corrected chi connectivity index (χ2v) is 5.47. The van der Waals surface area contributed by atoms with E-state index < -0.39 is 0 Å². The average molecular weight is 302 g/mol. The van der Waals surface area contributed by atoms with Gasteiger partial charge >= 0.3 is 0 Å². The molecule has 0 aliphatic rings. The fourth-order valence-corrected chi connectivity index (χ4v) is 2.61. The average Bonchev–Trinajstić information content (AvgIpc) is 2.97. The van der Waals surface area contributed by atoms with Crippen LogP contribution in [0.5, 0.6) is 0 Å². The number of benzene rings is 1. The molecule has 110 valence electrons. The van der Waals surface area contributed by atoms with Gasteiger partial charge in [-0.1, -0.05) is 30.8 Å². The Morgan fingerprint density at radius 3 is 2.81 bits per heavy atom. The van der Waals surface area contributed by atoms with Gasteiger partial charge in [0.15, 0.2) is 0 Å². The zero-order valence-corrected chi connectivity index (χ0v) is 12.8. The Bertz CT molecular complexity index is 586. The summed E-state index contributed by atoms with van der Waals surface area (Å²) in [6, 6.07) is 9.69. The molecule has 0 saturated carbocycles. The van der Waals surface area contributed by atoms with Crippen LogP contribution in [-0.2, 0) is 12.3 Å². The van der Waals surface area contributed by atoms with Crippen molar-refractivity contribution in [3.63, 3.8) is 0 Å². The Morgan fingerprint density at radius 1 is 1.29 bits per heavy atom. The van der Waals surface area contributed by atoms with Crippen molar-refractivity contribution >= 4 is 11.8 Å². The lowest BCUT2D eigenvalue weighted by molar-refractivity contribution is 0.510. The molecule has 0 fully saturated rings. The number of nitriles is 1. The third kappa shape index (κ3) is 4.85. The molecule has 0 aliphatic carbocycles. The van der Waals surface area contributed by atoms with Crippen LogP contribution in [0.15, 0.2) is 29.4 Å². The summed E-state index contributed by atoms with van der Waals surface area (Å²) in [4.78, 5) is 0. The quantitative estimate of drug-likeness (QED) is 0.592. The number of thioether (sulfide) groups is 1. The largest absolute Gasteiger partial charge is 0.315 e. The van der Waals surface area contributed by atoms with Gasteiger partial charge in [0.2, 0.25) is 5.16 Å². The van der Waals surface area contributed by atoms with E-state index in [-0.39, 0.29) is 0 Å². The minimum absolute atomic E-state index is 0.676. The summed E-state index contributed by atoms with van der Waals surface area (Å²) < 4.78 is 1.82. The first-order valence-corrected chi connectivity index (χ1v) is 7.90. The first kappa shape index (κ1) is 15.5. The van der Waals surface area contributed by atoms with Gasteiger partial charge in [0.05, 0.1) is 18.2 Å². The molecule has 0 atom stereocenters. The van der Waals surface area contributed by atoms with Crippen LogP contribution in [0.1, 0.15) is 24.5 Å². The third-order valence-corrected chi connectivity index (χ3v) is 3.91. The molecule has 21 heavy (non-hydrogen) atoms. The van der Waals surface area contributed by atoms with Crippen molar-refractivity contribution in [2.45, 2.75) is 30.8 Å². The summed E-state index contributed by atoms with van der Waals surface area (Å²) in [5.41, 5.74) is 1.83. The molecule has 0 saturated heterocycles. The Kier molecular flexibility index (Phi) is 6.19. The number of nitrogens with one attached hydrogen (secondary N) is 1. The minimum atomic E-state index is 0.676. The fourth-order valence-electron chi connectivity index (χ4n) is 1.75. The number of nitrogens with zero attached hydrogens (tertiary/aromatic N) is 5. The molecule has 0 spiro atoms. The molecule has 0 amide bonds. The maximum absolute atomic E-state index is 8.77. The van der Waals surface area contributed by atoms with E-state index >= 15 is 0 Å². The van der Waals surface area contributed by atoms with Gasteiger partial charge < -0.3 is 5.32 Å². The Balaban J connectivity index is 1.85. The highest BCUT2D eigenvalue weighted by Gasteiger charge is 2.06. The van der Waals surface area contributed by atoms with Gasteiger partial charge in [0.1, 0.15) is 0 Å². The third-order valence-electron chi connectivity index (χ3n) is 2.88. The molecule has 0 bridgehead atoms. The van der Waals surface area contributed by atoms with Crippen LogP contribution in [0.3, 0.4) is 0 Å². The summed E-state index contributed by atoms with van der Waals surface area (Å²) in [6.45, 7) is 4.78. The first-order valence-electron chi connectivity index (χ1n) is 6.92. The number of hydrogen-bond donors (Lipinski definition) is 1.